The summed E-state index contributed by atoms with van der Waals surface area (Å²) in [6.07, 6.45) is 7.61. The Kier molecular flexibility index (Phi) is 6.33. The van der Waals surface area contributed by atoms with Crippen LogP contribution in [0.15, 0.2) is 6.20 Å². The number of hydrogen-bond donors (Lipinski definition) is 1. The van der Waals surface area contributed by atoms with Crippen LogP contribution in [0.5, 0.6) is 0 Å². The van der Waals surface area contributed by atoms with Gasteiger partial charge in [0.25, 0.3) is 0 Å². The Bertz CT molecular complexity index is 402. The van der Waals surface area contributed by atoms with Crippen LogP contribution in [0, 0.1) is 0 Å². The highest BCUT2D eigenvalue weighted by Gasteiger charge is 2.30. The van der Waals surface area contributed by atoms with Crippen molar-refractivity contribution in [2.24, 2.45) is 0 Å². The van der Waals surface area contributed by atoms with Gasteiger partial charge < -0.3 is 10.1 Å². The van der Waals surface area contributed by atoms with E-state index < -0.39 is 0 Å². The Morgan fingerprint density at radius 2 is 2.30 bits per heavy atom. The predicted molar refractivity (Wildman–Crippen MR) is 82.2 cm³/mol. The lowest BCUT2D eigenvalue weighted by Crippen LogP contribution is -2.38. The molecule has 1 fully saturated rings. The minimum absolute atomic E-state index is 0.150. The van der Waals surface area contributed by atoms with E-state index in [1.54, 1.807) is 6.20 Å². The smallest absolute Gasteiger partial charge is 0.0835 e. The fraction of sp³-hybridized carbons (Fsp3) is 0.800. The van der Waals surface area contributed by atoms with Crippen molar-refractivity contribution in [3.05, 3.63) is 16.9 Å². The molecule has 0 spiro atoms. The van der Waals surface area contributed by atoms with Gasteiger partial charge in [0.2, 0.25) is 0 Å². The molecule has 2 heterocycles. The summed E-state index contributed by atoms with van der Waals surface area (Å²) >= 11 is 6.39. The lowest BCUT2D eigenvalue weighted by Gasteiger charge is -2.32. The minimum atomic E-state index is 0.150. The molecule has 1 aromatic rings. The van der Waals surface area contributed by atoms with E-state index in [1.807, 2.05) is 4.68 Å². The molecular weight excluding hydrogens is 274 g/mol. The second-order valence-corrected chi connectivity index (χ2v) is 5.84. The van der Waals surface area contributed by atoms with Gasteiger partial charge in [-0.15, -0.1) is 0 Å². The number of nitrogens with zero attached hydrogens (tertiary/aromatic N) is 2. The van der Waals surface area contributed by atoms with Crippen molar-refractivity contribution in [2.45, 2.75) is 64.6 Å². The van der Waals surface area contributed by atoms with Crippen LogP contribution in [0.1, 0.15) is 57.7 Å². The molecule has 1 aromatic heterocycles. The second-order valence-electron chi connectivity index (χ2n) is 5.44. The maximum absolute atomic E-state index is 6.39. The Hall–Kier alpha value is -0.580. The van der Waals surface area contributed by atoms with Crippen molar-refractivity contribution in [1.29, 1.82) is 0 Å². The van der Waals surface area contributed by atoms with E-state index in [2.05, 4.69) is 24.3 Å². The van der Waals surface area contributed by atoms with Crippen LogP contribution in [0.2, 0.25) is 5.02 Å². The first-order valence-corrected chi connectivity index (χ1v) is 8.21. The van der Waals surface area contributed by atoms with Crippen molar-refractivity contribution in [3.63, 3.8) is 0 Å². The first-order chi connectivity index (χ1) is 9.77. The molecule has 0 radical (unpaired) electrons. The zero-order chi connectivity index (χ0) is 14.4. The monoisotopic (exact) mass is 299 g/mol. The molecule has 0 aliphatic carbocycles. The van der Waals surface area contributed by atoms with Crippen molar-refractivity contribution in [1.82, 2.24) is 15.1 Å². The first kappa shape index (κ1) is 15.8. The molecular formula is C15H26ClN3O. The molecule has 2 rings (SSSR count). The predicted octanol–water partition coefficient (Wildman–Crippen LogP) is 3.56. The molecule has 1 aliphatic rings. The molecule has 4 nitrogen and oxygen atoms in total. The minimum Gasteiger partial charge on any atom is -0.376 e. The third-order valence-electron chi connectivity index (χ3n) is 3.76. The Morgan fingerprint density at radius 3 is 2.95 bits per heavy atom. The van der Waals surface area contributed by atoms with Gasteiger partial charge in [0, 0.05) is 13.2 Å². The van der Waals surface area contributed by atoms with Crippen LogP contribution in [0.25, 0.3) is 0 Å². The highest BCUT2D eigenvalue weighted by Crippen LogP contribution is 2.31. The van der Waals surface area contributed by atoms with Crippen molar-refractivity contribution in [2.75, 3.05) is 13.2 Å². The van der Waals surface area contributed by atoms with Crippen LogP contribution in [0.4, 0.5) is 0 Å². The average molecular weight is 300 g/mol. The van der Waals surface area contributed by atoms with E-state index in [4.69, 9.17) is 16.3 Å². The molecule has 1 saturated heterocycles. The summed E-state index contributed by atoms with van der Waals surface area (Å²) in [5.41, 5.74) is 1.09. The molecule has 0 amide bonds. The molecule has 0 saturated carbocycles. The molecule has 2 atom stereocenters. The molecule has 0 bridgehead atoms. The number of halogens is 1. The topological polar surface area (TPSA) is 39.1 Å². The normalized spacial score (nSPS) is 21.1. The van der Waals surface area contributed by atoms with Crippen LogP contribution in [-0.2, 0) is 11.3 Å². The lowest BCUT2D eigenvalue weighted by molar-refractivity contribution is -0.00997. The summed E-state index contributed by atoms with van der Waals surface area (Å²) in [5, 5.41) is 8.78. The van der Waals surface area contributed by atoms with Gasteiger partial charge in [-0.05, 0) is 38.6 Å². The van der Waals surface area contributed by atoms with E-state index in [9.17, 15) is 0 Å². The average Bonchev–Trinajstić information content (AvgIpc) is 2.83. The summed E-state index contributed by atoms with van der Waals surface area (Å²) in [6.45, 7) is 7.06. The van der Waals surface area contributed by atoms with Crippen LogP contribution in [0.3, 0.4) is 0 Å². The molecule has 0 aromatic carbocycles. The van der Waals surface area contributed by atoms with Crippen molar-refractivity contribution < 1.29 is 4.74 Å². The van der Waals surface area contributed by atoms with Crippen LogP contribution < -0.4 is 5.32 Å². The summed E-state index contributed by atoms with van der Waals surface area (Å²) in [6, 6.07) is 0.150. The number of nitrogens with one attached hydrogen (secondary N) is 1. The van der Waals surface area contributed by atoms with Gasteiger partial charge in [-0.25, -0.2) is 0 Å². The Balaban J connectivity index is 2.22. The molecule has 1 aliphatic heterocycles. The summed E-state index contributed by atoms with van der Waals surface area (Å²) in [5.74, 6) is 0. The van der Waals surface area contributed by atoms with Crippen molar-refractivity contribution >= 4 is 11.6 Å². The highest BCUT2D eigenvalue weighted by atomic mass is 35.5. The van der Waals surface area contributed by atoms with Gasteiger partial charge in [-0.2, -0.15) is 5.10 Å². The first-order valence-electron chi connectivity index (χ1n) is 7.84. The maximum Gasteiger partial charge on any atom is 0.0835 e. The van der Waals surface area contributed by atoms with E-state index in [-0.39, 0.29) is 12.1 Å². The third-order valence-corrected chi connectivity index (χ3v) is 4.06. The van der Waals surface area contributed by atoms with Gasteiger partial charge in [0.1, 0.15) is 0 Å². The maximum atomic E-state index is 6.39. The standard InChI is InChI=1S/C15H26ClN3O/c1-3-8-17-14(13-7-5-6-10-20-13)15-12(16)11-18-19(15)9-4-2/h11,13-14,17H,3-10H2,1-2H3. The van der Waals surface area contributed by atoms with E-state index in [0.29, 0.717) is 0 Å². The molecule has 2 unspecified atom stereocenters. The van der Waals surface area contributed by atoms with Crippen LogP contribution >= 0.6 is 11.6 Å². The molecule has 114 valence electrons. The molecule has 20 heavy (non-hydrogen) atoms. The molecule has 5 heteroatoms. The number of ether oxygens (including phenoxy) is 1. The zero-order valence-corrected chi connectivity index (χ0v) is 13.3. The summed E-state index contributed by atoms with van der Waals surface area (Å²) in [7, 11) is 0. The number of rotatable bonds is 7. The quantitative estimate of drug-likeness (QED) is 0.837. The van der Waals surface area contributed by atoms with E-state index in [0.717, 1.165) is 49.7 Å². The summed E-state index contributed by atoms with van der Waals surface area (Å²) < 4.78 is 8.02. The van der Waals surface area contributed by atoms with Gasteiger partial charge in [0.05, 0.1) is 29.1 Å². The molecule has 1 N–H and O–H groups in total. The fourth-order valence-electron chi connectivity index (χ4n) is 2.80. The lowest BCUT2D eigenvalue weighted by atomic mass is 9.99. The number of aryl methyl sites for hydroxylation is 1. The Morgan fingerprint density at radius 1 is 1.45 bits per heavy atom. The van der Waals surface area contributed by atoms with Gasteiger partial charge in [-0.3, -0.25) is 4.68 Å². The number of hydrogen-bond acceptors (Lipinski definition) is 3. The summed E-state index contributed by atoms with van der Waals surface area (Å²) in [4.78, 5) is 0. The van der Waals surface area contributed by atoms with Crippen LogP contribution in [-0.4, -0.2) is 29.0 Å². The van der Waals surface area contributed by atoms with Crippen molar-refractivity contribution in [3.8, 4) is 0 Å². The fourth-order valence-corrected chi connectivity index (χ4v) is 3.06. The van der Waals surface area contributed by atoms with Gasteiger partial charge in [0.15, 0.2) is 0 Å². The largest absolute Gasteiger partial charge is 0.376 e. The second kappa shape index (κ2) is 8.01. The van der Waals surface area contributed by atoms with E-state index in [1.165, 1.54) is 12.8 Å². The third kappa shape index (κ3) is 3.74. The number of aromatic nitrogens is 2. The Labute approximate surface area is 126 Å². The SMILES string of the molecule is CCCNC(c1c(Cl)cnn1CCC)C1CCCCO1. The van der Waals surface area contributed by atoms with E-state index >= 15 is 0 Å². The zero-order valence-electron chi connectivity index (χ0n) is 12.6. The van der Waals surface area contributed by atoms with Gasteiger partial charge >= 0.3 is 0 Å². The van der Waals surface area contributed by atoms with Gasteiger partial charge in [-0.1, -0.05) is 25.4 Å². The highest BCUT2D eigenvalue weighted by molar-refractivity contribution is 6.31.